The summed E-state index contributed by atoms with van der Waals surface area (Å²) in [4.78, 5) is 0. The van der Waals surface area contributed by atoms with Gasteiger partial charge < -0.3 is 10.5 Å². The van der Waals surface area contributed by atoms with Crippen LogP contribution in [0.4, 0.5) is 4.39 Å². The van der Waals surface area contributed by atoms with E-state index in [2.05, 4.69) is 15.9 Å². The van der Waals surface area contributed by atoms with Crippen LogP contribution in [0.25, 0.3) is 0 Å². The zero-order chi connectivity index (χ0) is 11.4. The Labute approximate surface area is 96.1 Å². The molecule has 0 saturated carbocycles. The molecule has 0 aromatic heterocycles. The highest BCUT2D eigenvalue weighted by molar-refractivity contribution is 9.10. The Hall–Kier alpha value is -1.10. The molecule has 1 aromatic rings. The number of hydrogen-bond donors (Lipinski definition) is 2. The van der Waals surface area contributed by atoms with Crippen molar-refractivity contribution in [3.05, 3.63) is 28.5 Å². The van der Waals surface area contributed by atoms with Crippen LogP contribution in [-0.2, 0) is 0 Å². The predicted molar refractivity (Wildman–Crippen MR) is 60.7 cm³/mol. The minimum absolute atomic E-state index is 0.0974. The van der Waals surface area contributed by atoms with Crippen LogP contribution in [0.15, 0.2) is 22.7 Å². The van der Waals surface area contributed by atoms with Crippen LogP contribution < -0.4 is 10.5 Å². The maximum absolute atomic E-state index is 13.3. The lowest BCUT2D eigenvalue weighted by atomic mass is 10.2. The van der Waals surface area contributed by atoms with Crippen LogP contribution >= 0.6 is 15.9 Å². The second-order valence-corrected chi connectivity index (χ2v) is 3.96. The van der Waals surface area contributed by atoms with Crippen molar-refractivity contribution in [2.24, 2.45) is 5.73 Å². The quantitative estimate of drug-likeness (QED) is 0.655. The molecule has 1 unspecified atom stereocenters. The Kier molecular flexibility index (Phi) is 4.08. The Bertz CT molecular complexity index is 370. The molecule has 15 heavy (non-hydrogen) atoms. The van der Waals surface area contributed by atoms with E-state index in [1.54, 1.807) is 6.07 Å². The molecule has 0 aliphatic carbocycles. The molecule has 5 heteroatoms. The zero-order valence-corrected chi connectivity index (χ0v) is 9.84. The lowest BCUT2D eigenvalue weighted by molar-refractivity contribution is 0.248. The Morgan fingerprint density at radius 2 is 2.33 bits per heavy atom. The fourth-order valence-electron chi connectivity index (χ4n) is 1.09. The van der Waals surface area contributed by atoms with Crippen molar-refractivity contribution in [1.82, 2.24) is 0 Å². The molecule has 0 bridgehead atoms. The number of rotatable bonds is 4. The monoisotopic (exact) mass is 274 g/mol. The third kappa shape index (κ3) is 3.20. The highest BCUT2D eigenvalue weighted by Gasteiger charge is 2.13. The van der Waals surface area contributed by atoms with Gasteiger partial charge in [0.1, 0.15) is 5.84 Å². The van der Waals surface area contributed by atoms with Crippen LogP contribution in [-0.4, -0.2) is 11.9 Å². The predicted octanol–water partition coefficient (Wildman–Crippen LogP) is 2.68. The van der Waals surface area contributed by atoms with Crippen LogP contribution in [0.5, 0.6) is 5.75 Å². The molecule has 0 heterocycles. The molecule has 82 valence electrons. The van der Waals surface area contributed by atoms with Crippen LogP contribution in [0.3, 0.4) is 0 Å². The number of ether oxygens (including phenoxy) is 1. The van der Waals surface area contributed by atoms with E-state index in [1.165, 1.54) is 12.1 Å². The summed E-state index contributed by atoms with van der Waals surface area (Å²) in [6.45, 7) is 1.82. The van der Waals surface area contributed by atoms with Gasteiger partial charge in [-0.2, -0.15) is 0 Å². The summed E-state index contributed by atoms with van der Waals surface area (Å²) in [5.41, 5.74) is 5.30. The lowest BCUT2D eigenvalue weighted by Crippen LogP contribution is -2.32. The summed E-state index contributed by atoms with van der Waals surface area (Å²) in [6.07, 6.45) is -0.0362. The SMILES string of the molecule is CCC(Oc1ccc(Br)cc1F)C(=N)N. The second kappa shape index (κ2) is 5.11. The van der Waals surface area contributed by atoms with Crippen molar-refractivity contribution >= 4 is 21.8 Å². The number of amidine groups is 1. The van der Waals surface area contributed by atoms with Crippen LogP contribution in [0, 0.1) is 11.2 Å². The van der Waals surface area contributed by atoms with Gasteiger partial charge >= 0.3 is 0 Å². The van der Waals surface area contributed by atoms with Gasteiger partial charge in [0.05, 0.1) is 0 Å². The minimum Gasteiger partial charge on any atom is -0.480 e. The van der Waals surface area contributed by atoms with Crippen molar-refractivity contribution in [1.29, 1.82) is 5.41 Å². The van der Waals surface area contributed by atoms with Gasteiger partial charge in [0.2, 0.25) is 0 Å². The first-order valence-corrected chi connectivity index (χ1v) is 5.29. The van der Waals surface area contributed by atoms with Crippen LogP contribution in [0.2, 0.25) is 0 Å². The van der Waals surface area contributed by atoms with Gasteiger partial charge in [-0.05, 0) is 24.6 Å². The molecule has 0 aliphatic rings. The Balaban J connectivity index is 2.84. The van der Waals surface area contributed by atoms with E-state index >= 15 is 0 Å². The van der Waals surface area contributed by atoms with Gasteiger partial charge in [-0.15, -0.1) is 0 Å². The number of nitrogens with two attached hydrogens (primary N) is 1. The van der Waals surface area contributed by atoms with E-state index in [4.69, 9.17) is 15.9 Å². The average molecular weight is 275 g/mol. The Morgan fingerprint density at radius 1 is 1.67 bits per heavy atom. The first-order valence-electron chi connectivity index (χ1n) is 4.50. The molecular formula is C10H12BrFN2O. The van der Waals surface area contributed by atoms with Gasteiger partial charge in [-0.1, -0.05) is 22.9 Å². The molecule has 0 spiro atoms. The van der Waals surface area contributed by atoms with Crippen molar-refractivity contribution in [2.75, 3.05) is 0 Å². The van der Waals surface area contributed by atoms with Crippen molar-refractivity contribution in [3.63, 3.8) is 0 Å². The molecular weight excluding hydrogens is 263 g/mol. The summed E-state index contributed by atoms with van der Waals surface area (Å²) in [5.74, 6) is -0.454. The van der Waals surface area contributed by atoms with E-state index < -0.39 is 11.9 Å². The van der Waals surface area contributed by atoms with E-state index in [1.807, 2.05) is 6.92 Å². The first kappa shape index (κ1) is 12.0. The third-order valence-electron chi connectivity index (χ3n) is 1.88. The molecule has 1 atom stereocenters. The molecule has 3 nitrogen and oxygen atoms in total. The molecule has 0 radical (unpaired) electrons. The molecule has 3 N–H and O–H groups in total. The average Bonchev–Trinajstić information content (AvgIpc) is 2.16. The molecule has 0 amide bonds. The summed E-state index contributed by atoms with van der Waals surface area (Å²) < 4.78 is 19.3. The van der Waals surface area contributed by atoms with E-state index in [0.29, 0.717) is 10.9 Å². The normalized spacial score (nSPS) is 12.2. The third-order valence-corrected chi connectivity index (χ3v) is 2.37. The van der Waals surface area contributed by atoms with E-state index in [-0.39, 0.29) is 11.6 Å². The molecule has 1 rings (SSSR count). The highest BCUT2D eigenvalue weighted by atomic mass is 79.9. The van der Waals surface area contributed by atoms with Gasteiger partial charge in [-0.25, -0.2) is 4.39 Å². The standard InChI is InChI=1S/C10H12BrFN2O/c1-2-8(10(13)14)15-9-4-3-6(11)5-7(9)12/h3-5,8H,2H2,1H3,(H3,13,14). The second-order valence-electron chi connectivity index (χ2n) is 3.04. The van der Waals surface area contributed by atoms with Gasteiger partial charge in [-0.3, -0.25) is 5.41 Å². The maximum atomic E-state index is 13.3. The number of nitrogens with one attached hydrogen (secondary N) is 1. The summed E-state index contributed by atoms with van der Waals surface area (Å²) in [6, 6.07) is 4.48. The van der Waals surface area contributed by atoms with Gasteiger partial charge in [0.15, 0.2) is 17.7 Å². The maximum Gasteiger partial charge on any atom is 0.166 e. The molecule has 0 aliphatic heterocycles. The van der Waals surface area contributed by atoms with Crippen LogP contribution in [0.1, 0.15) is 13.3 Å². The minimum atomic E-state index is -0.569. The highest BCUT2D eigenvalue weighted by Crippen LogP contribution is 2.22. The van der Waals surface area contributed by atoms with Gasteiger partial charge in [0, 0.05) is 4.47 Å². The lowest BCUT2D eigenvalue weighted by Gasteiger charge is -2.16. The smallest absolute Gasteiger partial charge is 0.166 e. The summed E-state index contributed by atoms with van der Waals surface area (Å²) >= 11 is 3.15. The molecule has 1 aromatic carbocycles. The van der Waals surface area contributed by atoms with Gasteiger partial charge in [0.25, 0.3) is 0 Å². The summed E-state index contributed by atoms with van der Waals surface area (Å²) in [5, 5.41) is 7.23. The number of benzene rings is 1. The number of halogens is 2. The first-order chi connectivity index (χ1) is 7.04. The van der Waals surface area contributed by atoms with E-state index in [9.17, 15) is 4.39 Å². The van der Waals surface area contributed by atoms with E-state index in [0.717, 1.165) is 0 Å². The fourth-order valence-corrected chi connectivity index (χ4v) is 1.42. The van der Waals surface area contributed by atoms with Crippen molar-refractivity contribution < 1.29 is 9.13 Å². The molecule has 0 fully saturated rings. The number of hydrogen-bond acceptors (Lipinski definition) is 2. The zero-order valence-electron chi connectivity index (χ0n) is 8.26. The topological polar surface area (TPSA) is 59.1 Å². The summed E-state index contributed by atoms with van der Waals surface area (Å²) in [7, 11) is 0. The van der Waals surface area contributed by atoms with Crippen molar-refractivity contribution in [2.45, 2.75) is 19.4 Å². The largest absolute Gasteiger partial charge is 0.480 e. The molecule has 0 saturated heterocycles. The van der Waals surface area contributed by atoms with Crippen molar-refractivity contribution in [3.8, 4) is 5.75 Å². The fraction of sp³-hybridized carbons (Fsp3) is 0.300. The Morgan fingerprint density at radius 3 is 2.80 bits per heavy atom.